The highest BCUT2D eigenvalue weighted by Crippen LogP contribution is 2.35. The van der Waals surface area contributed by atoms with Crippen molar-refractivity contribution in [1.82, 2.24) is 4.98 Å². The molecule has 1 aromatic carbocycles. The molecule has 106 valence electrons. The molecule has 1 heterocycles. The van der Waals surface area contributed by atoms with Gasteiger partial charge in [-0.1, -0.05) is 12.1 Å². The van der Waals surface area contributed by atoms with Gasteiger partial charge in [-0.25, -0.2) is 0 Å². The minimum atomic E-state index is -4.52. The van der Waals surface area contributed by atoms with Crippen LogP contribution >= 0.6 is 0 Å². The molecule has 1 aromatic heterocycles. The number of rotatable bonds is 3. The number of ether oxygens (including phenoxy) is 2. The summed E-state index contributed by atoms with van der Waals surface area (Å²) in [4.78, 5) is 3.72. The Morgan fingerprint density at radius 1 is 1.10 bits per heavy atom. The second-order valence-corrected chi connectivity index (χ2v) is 3.87. The standard InChI is InChI=1S/C13H11F3N2O2/c1-19-9-4-2-3-5-10(9)20-12-7-8(13(14,15)16)6-11(17)18-12/h2-7H,1H3,(H2,17,18). The van der Waals surface area contributed by atoms with Crippen LogP contribution in [0.1, 0.15) is 5.56 Å². The molecule has 0 aliphatic carbocycles. The minimum Gasteiger partial charge on any atom is -0.493 e. The maximum atomic E-state index is 12.7. The SMILES string of the molecule is COc1ccccc1Oc1cc(C(F)(F)F)cc(N)n1. The zero-order valence-corrected chi connectivity index (χ0v) is 10.4. The number of aromatic nitrogens is 1. The van der Waals surface area contributed by atoms with E-state index in [2.05, 4.69) is 4.98 Å². The van der Waals surface area contributed by atoms with Gasteiger partial charge in [-0.15, -0.1) is 0 Å². The van der Waals surface area contributed by atoms with Crippen molar-refractivity contribution < 1.29 is 22.6 Å². The molecule has 2 rings (SSSR count). The number of nitrogens with zero attached hydrogens (tertiary/aromatic N) is 1. The first-order valence-corrected chi connectivity index (χ1v) is 5.56. The van der Waals surface area contributed by atoms with Crippen molar-refractivity contribution >= 4 is 5.82 Å². The quantitative estimate of drug-likeness (QED) is 0.937. The van der Waals surface area contributed by atoms with Crippen molar-refractivity contribution in [2.24, 2.45) is 0 Å². The summed E-state index contributed by atoms with van der Waals surface area (Å²) in [5.41, 5.74) is 4.44. The van der Waals surface area contributed by atoms with Crippen LogP contribution in [0, 0.1) is 0 Å². The molecule has 0 fully saturated rings. The van der Waals surface area contributed by atoms with Crippen LogP contribution in [-0.4, -0.2) is 12.1 Å². The summed E-state index contributed by atoms with van der Waals surface area (Å²) in [6, 6.07) is 8.07. The van der Waals surface area contributed by atoms with Gasteiger partial charge in [0.05, 0.1) is 12.7 Å². The summed E-state index contributed by atoms with van der Waals surface area (Å²) in [6.07, 6.45) is -4.52. The minimum absolute atomic E-state index is 0.248. The molecule has 0 saturated carbocycles. The molecule has 0 aliphatic rings. The lowest BCUT2D eigenvalue weighted by Gasteiger charge is -2.12. The number of pyridine rings is 1. The van der Waals surface area contributed by atoms with E-state index < -0.39 is 11.7 Å². The third-order valence-corrected chi connectivity index (χ3v) is 2.43. The number of nitrogens with two attached hydrogens (primary N) is 1. The third kappa shape index (κ3) is 3.11. The summed E-state index contributed by atoms with van der Waals surface area (Å²) in [7, 11) is 1.43. The first kappa shape index (κ1) is 14.0. The highest BCUT2D eigenvalue weighted by atomic mass is 19.4. The number of para-hydroxylation sites is 2. The van der Waals surface area contributed by atoms with E-state index in [9.17, 15) is 13.2 Å². The maximum Gasteiger partial charge on any atom is 0.416 e. The first-order chi connectivity index (χ1) is 9.40. The van der Waals surface area contributed by atoms with Gasteiger partial charge in [0.1, 0.15) is 5.82 Å². The molecular formula is C13H11F3N2O2. The lowest BCUT2D eigenvalue weighted by atomic mass is 10.2. The number of benzene rings is 1. The van der Waals surface area contributed by atoms with Gasteiger partial charge in [0, 0.05) is 6.07 Å². The lowest BCUT2D eigenvalue weighted by Crippen LogP contribution is -2.07. The highest BCUT2D eigenvalue weighted by molar-refractivity contribution is 5.44. The molecule has 0 radical (unpaired) electrons. The molecule has 0 atom stereocenters. The van der Waals surface area contributed by atoms with Crippen LogP contribution in [0.25, 0.3) is 0 Å². The second-order valence-electron chi connectivity index (χ2n) is 3.87. The summed E-state index contributed by atoms with van der Waals surface area (Å²) >= 11 is 0. The van der Waals surface area contributed by atoms with E-state index in [0.29, 0.717) is 5.75 Å². The zero-order chi connectivity index (χ0) is 14.8. The van der Waals surface area contributed by atoms with Gasteiger partial charge in [-0.3, -0.25) is 0 Å². The van der Waals surface area contributed by atoms with Crippen LogP contribution in [0.3, 0.4) is 0 Å². The normalized spacial score (nSPS) is 11.2. The van der Waals surface area contributed by atoms with Gasteiger partial charge < -0.3 is 15.2 Å². The van der Waals surface area contributed by atoms with E-state index in [1.54, 1.807) is 24.3 Å². The number of alkyl halides is 3. The van der Waals surface area contributed by atoms with Crippen molar-refractivity contribution in [3.8, 4) is 17.4 Å². The first-order valence-electron chi connectivity index (χ1n) is 5.56. The van der Waals surface area contributed by atoms with Crippen LogP contribution in [-0.2, 0) is 6.18 Å². The molecule has 0 bridgehead atoms. The molecule has 0 amide bonds. The molecule has 20 heavy (non-hydrogen) atoms. The molecule has 0 aliphatic heterocycles. The molecule has 2 aromatic rings. The van der Waals surface area contributed by atoms with Gasteiger partial charge >= 0.3 is 6.18 Å². The van der Waals surface area contributed by atoms with Crippen molar-refractivity contribution in [2.75, 3.05) is 12.8 Å². The Hall–Kier alpha value is -2.44. The van der Waals surface area contributed by atoms with Crippen molar-refractivity contribution in [3.05, 3.63) is 42.0 Å². The fourth-order valence-electron chi connectivity index (χ4n) is 1.56. The van der Waals surface area contributed by atoms with Gasteiger partial charge in [-0.05, 0) is 18.2 Å². The monoisotopic (exact) mass is 284 g/mol. The van der Waals surface area contributed by atoms with E-state index in [4.69, 9.17) is 15.2 Å². The Morgan fingerprint density at radius 2 is 1.75 bits per heavy atom. The van der Waals surface area contributed by atoms with Crippen LogP contribution < -0.4 is 15.2 Å². The van der Waals surface area contributed by atoms with Gasteiger partial charge in [-0.2, -0.15) is 18.2 Å². The number of nitrogen functional groups attached to an aromatic ring is 1. The molecule has 4 nitrogen and oxygen atoms in total. The predicted octanol–water partition coefficient (Wildman–Crippen LogP) is 3.48. The smallest absolute Gasteiger partial charge is 0.416 e. The highest BCUT2D eigenvalue weighted by Gasteiger charge is 2.31. The van der Waals surface area contributed by atoms with Gasteiger partial charge in [0.15, 0.2) is 11.5 Å². The maximum absolute atomic E-state index is 12.7. The summed E-state index contributed by atoms with van der Waals surface area (Å²) in [6.45, 7) is 0. The molecular weight excluding hydrogens is 273 g/mol. The largest absolute Gasteiger partial charge is 0.493 e. The van der Waals surface area contributed by atoms with E-state index in [0.717, 1.165) is 12.1 Å². The molecule has 2 N–H and O–H groups in total. The fourth-order valence-corrected chi connectivity index (χ4v) is 1.56. The summed E-state index contributed by atoms with van der Waals surface area (Å²) in [5.74, 6) is 0.109. The Morgan fingerprint density at radius 3 is 2.35 bits per heavy atom. The van der Waals surface area contributed by atoms with E-state index >= 15 is 0 Å². The second kappa shape index (κ2) is 5.28. The Kier molecular flexibility index (Phi) is 3.69. The number of halogens is 3. The van der Waals surface area contributed by atoms with Gasteiger partial charge in [0.2, 0.25) is 5.88 Å². The Bertz CT molecular complexity index is 615. The van der Waals surface area contributed by atoms with Crippen LogP contribution in [0.2, 0.25) is 0 Å². The average molecular weight is 284 g/mol. The van der Waals surface area contributed by atoms with Crippen LogP contribution in [0.15, 0.2) is 36.4 Å². The molecule has 0 saturated heterocycles. The molecule has 0 spiro atoms. The van der Waals surface area contributed by atoms with Crippen LogP contribution in [0.5, 0.6) is 17.4 Å². The number of methoxy groups -OCH3 is 1. The van der Waals surface area contributed by atoms with E-state index in [1.807, 2.05) is 0 Å². The van der Waals surface area contributed by atoms with Crippen molar-refractivity contribution in [1.29, 1.82) is 0 Å². The van der Waals surface area contributed by atoms with Gasteiger partial charge in [0.25, 0.3) is 0 Å². The van der Waals surface area contributed by atoms with Crippen LogP contribution in [0.4, 0.5) is 19.0 Å². The molecule has 0 unspecified atom stereocenters. The number of hydrogen-bond acceptors (Lipinski definition) is 4. The lowest BCUT2D eigenvalue weighted by molar-refractivity contribution is -0.137. The predicted molar refractivity (Wildman–Crippen MR) is 66.7 cm³/mol. The van der Waals surface area contributed by atoms with E-state index in [1.165, 1.54) is 7.11 Å². The zero-order valence-electron chi connectivity index (χ0n) is 10.4. The molecule has 7 heteroatoms. The number of anilines is 1. The summed E-state index contributed by atoms with van der Waals surface area (Å²) in [5, 5.41) is 0. The van der Waals surface area contributed by atoms with E-state index in [-0.39, 0.29) is 17.4 Å². The average Bonchev–Trinajstić information content (AvgIpc) is 2.37. The number of hydrogen-bond donors (Lipinski definition) is 1. The fraction of sp³-hybridized carbons (Fsp3) is 0.154. The van der Waals surface area contributed by atoms with Crippen molar-refractivity contribution in [3.63, 3.8) is 0 Å². The Balaban J connectivity index is 2.36. The van der Waals surface area contributed by atoms with Crippen molar-refractivity contribution in [2.45, 2.75) is 6.18 Å². The third-order valence-electron chi connectivity index (χ3n) is 2.43. The summed E-state index contributed by atoms with van der Waals surface area (Å²) < 4.78 is 48.3. The topological polar surface area (TPSA) is 57.4 Å². The Labute approximate surface area is 113 Å².